The fourth-order valence-corrected chi connectivity index (χ4v) is 13.3. The summed E-state index contributed by atoms with van der Waals surface area (Å²) in [5, 5.41) is 16.2. The molecule has 1 atom stereocenters. The van der Waals surface area contributed by atoms with Gasteiger partial charge in [0.05, 0.1) is 33.5 Å². The van der Waals surface area contributed by atoms with Crippen molar-refractivity contribution in [2.75, 3.05) is 0 Å². The molecule has 11 aromatic carbocycles. The van der Waals surface area contributed by atoms with Gasteiger partial charge in [0.1, 0.15) is 11.4 Å². The summed E-state index contributed by atoms with van der Waals surface area (Å²) in [6, 6.07) is 77.1. The Morgan fingerprint density at radius 1 is 0.452 bits per heavy atom. The van der Waals surface area contributed by atoms with Gasteiger partial charge in [-0.15, -0.1) is 11.3 Å². The van der Waals surface area contributed by atoms with Gasteiger partial charge in [0.15, 0.2) is 11.4 Å². The molecule has 16 rings (SSSR count). The molecular formula is C67H42N4OS. The van der Waals surface area contributed by atoms with Crippen molar-refractivity contribution in [1.82, 2.24) is 9.13 Å². The zero-order chi connectivity index (χ0) is 47.9. The van der Waals surface area contributed by atoms with E-state index in [-0.39, 0.29) is 5.92 Å². The maximum absolute atomic E-state index is 7.36. The van der Waals surface area contributed by atoms with Crippen LogP contribution in [-0.4, -0.2) is 20.7 Å². The number of thiophene rings is 1. The maximum atomic E-state index is 7.36. The molecule has 1 aliphatic rings. The van der Waals surface area contributed by atoms with Crippen LogP contribution in [0.4, 0.5) is 0 Å². The molecule has 5 nitrogen and oxygen atoms in total. The fourth-order valence-electron chi connectivity index (χ4n) is 12.2. The fraction of sp³-hybridized carbons (Fsp3) is 0.0448. The third-order valence-electron chi connectivity index (χ3n) is 15.5. The number of hydrogen-bond donors (Lipinski definition) is 0. The number of furan rings is 1. The van der Waals surface area contributed by atoms with Gasteiger partial charge in [-0.1, -0.05) is 165 Å². The SMILES string of the molecule is CC1C/C=C(\n2c3ccccc3c3ccccc32)N=C(c2c3ccccc3c(-n3c4cc5ccccc5cc4c4c5ccccc5ccc43)c3oc4ccccc4c23)N=C1c1ccc2sc3ccccc3c2c1. The Morgan fingerprint density at radius 2 is 1.08 bits per heavy atom. The number of hydrogen-bond acceptors (Lipinski definition) is 4. The van der Waals surface area contributed by atoms with Gasteiger partial charge in [-0.2, -0.15) is 0 Å². The molecule has 0 spiro atoms. The normalized spacial score (nSPS) is 15.4. The molecule has 0 saturated heterocycles. The Bertz CT molecular complexity index is 4920. The lowest BCUT2D eigenvalue weighted by molar-refractivity contribution is 0.667. The molecule has 0 bridgehead atoms. The number of aromatic nitrogens is 2. The Hall–Kier alpha value is -9.10. The van der Waals surface area contributed by atoms with E-state index < -0.39 is 0 Å². The summed E-state index contributed by atoms with van der Waals surface area (Å²) in [4.78, 5) is 11.9. The summed E-state index contributed by atoms with van der Waals surface area (Å²) >= 11 is 1.84. The van der Waals surface area contributed by atoms with E-state index in [4.69, 9.17) is 14.4 Å². The van der Waals surface area contributed by atoms with E-state index in [9.17, 15) is 0 Å². The van der Waals surface area contributed by atoms with Crippen molar-refractivity contribution in [2.24, 2.45) is 15.9 Å². The molecule has 0 aliphatic carbocycles. The average molecular weight is 951 g/mol. The van der Waals surface area contributed by atoms with E-state index >= 15 is 0 Å². The van der Waals surface area contributed by atoms with Crippen LogP contribution >= 0.6 is 11.3 Å². The third-order valence-corrected chi connectivity index (χ3v) is 16.7. The van der Waals surface area contributed by atoms with Crippen molar-refractivity contribution in [3.8, 4) is 5.69 Å². The highest BCUT2D eigenvalue weighted by Gasteiger charge is 2.29. The van der Waals surface area contributed by atoms with Gasteiger partial charge >= 0.3 is 0 Å². The zero-order valence-corrected chi connectivity index (χ0v) is 40.5. The van der Waals surface area contributed by atoms with Gasteiger partial charge < -0.3 is 8.98 Å². The minimum Gasteiger partial charge on any atom is -0.454 e. The second-order valence-electron chi connectivity index (χ2n) is 19.6. The number of nitrogens with zero attached hydrogens (tertiary/aromatic N) is 4. The average Bonchev–Trinajstić information content (AvgIpc) is 4.19. The molecule has 0 saturated carbocycles. The summed E-state index contributed by atoms with van der Waals surface area (Å²) in [5.41, 5.74) is 10.1. The highest BCUT2D eigenvalue weighted by Crippen LogP contribution is 2.47. The Labute approximate surface area is 422 Å². The summed E-state index contributed by atoms with van der Waals surface area (Å²) < 4.78 is 14.7. The number of para-hydroxylation sites is 3. The van der Waals surface area contributed by atoms with E-state index in [1.165, 1.54) is 63.3 Å². The van der Waals surface area contributed by atoms with E-state index in [1.54, 1.807) is 0 Å². The van der Waals surface area contributed by atoms with Crippen LogP contribution in [0.5, 0.6) is 0 Å². The van der Waals surface area contributed by atoms with Gasteiger partial charge in [-0.05, 0) is 99.6 Å². The van der Waals surface area contributed by atoms with Crippen LogP contribution in [-0.2, 0) is 0 Å². The number of amidine groups is 1. The van der Waals surface area contributed by atoms with E-state index in [2.05, 4.69) is 234 Å². The minimum atomic E-state index is 0.0420. The van der Waals surface area contributed by atoms with E-state index in [0.717, 1.165) is 89.5 Å². The molecule has 1 unspecified atom stereocenters. The predicted octanol–water partition coefficient (Wildman–Crippen LogP) is 18.4. The van der Waals surface area contributed by atoms with Gasteiger partial charge in [0.25, 0.3) is 0 Å². The highest BCUT2D eigenvalue weighted by molar-refractivity contribution is 7.25. The molecule has 0 fully saturated rings. The Kier molecular flexibility index (Phi) is 8.59. The summed E-state index contributed by atoms with van der Waals surface area (Å²) in [6.07, 6.45) is 3.08. The molecule has 5 heterocycles. The summed E-state index contributed by atoms with van der Waals surface area (Å²) in [7, 11) is 0. The quantitative estimate of drug-likeness (QED) is 0.173. The maximum Gasteiger partial charge on any atom is 0.163 e. The number of benzene rings is 11. The van der Waals surface area contributed by atoms with Crippen molar-refractivity contribution in [3.63, 3.8) is 0 Å². The zero-order valence-electron chi connectivity index (χ0n) is 39.7. The molecule has 4 aromatic heterocycles. The van der Waals surface area contributed by atoms with Crippen LogP contribution in [0.1, 0.15) is 24.5 Å². The molecule has 1 aliphatic heterocycles. The lowest BCUT2D eigenvalue weighted by Crippen LogP contribution is -2.18. The highest BCUT2D eigenvalue weighted by atomic mass is 32.1. The van der Waals surface area contributed by atoms with Gasteiger partial charge in [-0.3, -0.25) is 4.57 Å². The topological polar surface area (TPSA) is 47.7 Å². The molecule has 0 amide bonds. The Balaban J connectivity index is 1.06. The second kappa shape index (κ2) is 15.4. The van der Waals surface area contributed by atoms with Gasteiger partial charge in [-0.25, -0.2) is 9.98 Å². The van der Waals surface area contributed by atoms with E-state index in [0.29, 0.717) is 5.84 Å². The van der Waals surface area contributed by atoms with Gasteiger partial charge in [0.2, 0.25) is 0 Å². The first kappa shape index (κ1) is 40.6. The van der Waals surface area contributed by atoms with Crippen molar-refractivity contribution in [3.05, 3.63) is 230 Å². The lowest BCUT2D eigenvalue weighted by atomic mass is 9.92. The second-order valence-corrected chi connectivity index (χ2v) is 20.7. The van der Waals surface area contributed by atoms with E-state index in [1.807, 2.05) is 11.3 Å². The number of aliphatic imine (C=N–C) groups is 2. The first-order valence-electron chi connectivity index (χ1n) is 25.1. The molecule has 0 radical (unpaired) electrons. The standard InChI is InChI=1S/C67H42N4OS/c1-39-30-35-60(70-53-26-12-8-20-45(53)46-21-9-13-27-54(46)70)68-67(69-64(39)43-32-34-59-51(37-43)47-22-11-15-29-58(47)73-59)63-48-23-6-7-24-49(48)65(66-62(63)50-25-10-14-28-57(50)72-66)71-55-33-31-40-16-4-5-19-44(40)61(55)52-36-41-17-2-3-18-42(41)38-56(52)71/h2-29,31-39H,30H2,1H3/b60-35-,68-67?,69-64?. The molecule has 15 aromatic rings. The number of allylic oxidation sites excluding steroid dienone is 1. The predicted molar refractivity (Wildman–Crippen MR) is 310 cm³/mol. The van der Waals surface area contributed by atoms with Crippen molar-refractivity contribution in [1.29, 1.82) is 0 Å². The van der Waals surface area contributed by atoms with Crippen LogP contribution in [0, 0.1) is 5.92 Å². The molecular weight excluding hydrogens is 909 g/mol. The van der Waals surface area contributed by atoms with Crippen molar-refractivity contribution >= 4 is 147 Å². The molecule has 0 N–H and O–H groups in total. The van der Waals surface area contributed by atoms with Crippen LogP contribution in [0.15, 0.2) is 233 Å². The first-order chi connectivity index (χ1) is 36.1. The Morgan fingerprint density at radius 3 is 1.88 bits per heavy atom. The molecule has 73 heavy (non-hydrogen) atoms. The summed E-state index contributed by atoms with van der Waals surface area (Å²) in [6.45, 7) is 2.32. The largest absolute Gasteiger partial charge is 0.454 e. The van der Waals surface area contributed by atoms with Crippen LogP contribution in [0.2, 0.25) is 0 Å². The third kappa shape index (κ3) is 5.90. The van der Waals surface area contributed by atoms with Crippen molar-refractivity contribution in [2.45, 2.75) is 13.3 Å². The molecule has 6 heteroatoms. The summed E-state index contributed by atoms with van der Waals surface area (Å²) in [5.74, 6) is 1.53. The van der Waals surface area contributed by atoms with Crippen LogP contribution in [0.3, 0.4) is 0 Å². The smallest absolute Gasteiger partial charge is 0.163 e. The van der Waals surface area contributed by atoms with Gasteiger partial charge in [0, 0.05) is 69.4 Å². The minimum absolute atomic E-state index is 0.0420. The first-order valence-corrected chi connectivity index (χ1v) is 25.9. The lowest BCUT2D eigenvalue weighted by Gasteiger charge is -2.21. The van der Waals surface area contributed by atoms with Crippen LogP contribution < -0.4 is 0 Å². The van der Waals surface area contributed by atoms with Crippen LogP contribution in [0.25, 0.3) is 130 Å². The molecule has 342 valence electrons. The van der Waals surface area contributed by atoms with Crippen molar-refractivity contribution < 1.29 is 4.42 Å². The number of rotatable bonds is 4. The number of fused-ring (bicyclic) bond motifs is 16. The monoisotopic (exact) mass is 950 g/mol.